The standard InChI is InChI=1S/C27H29F5N4O3S2/c28-26(29)7-5-19(20(15-26)24(37)35-25(16-33)9-10-25)22-23(40-21(34-22)6-8-27(30,31)32)17-1-3-18(4-2-17)36-11-13-41(38,39)14-12-36/h1-4,19-20H,5-15H2,(H,35,37). The molecule has 41 heavy (non-hydrogen) atoms. The van der Waals surface area contributed by atoms with Crippen LogP contribution in [-0.2, 0) is 21.1 Å². The van der Waals surface area contributed by atoms with Crippen LogP contribution >= 0.6 is 11.3 Å². The highest BCUT2D eigenvalue weighted by Crippen LogP contribution is 2.49. The minimum atomic E-state index is -4.40. The van der Waals surface area contributed by atoms with Crippen molar-refractivity contribution in [3.05, 3.63) is 35.0 Å². The van der Waals surface area contributed by atoms with Crippen molar-refractivity contribution < 1.29 is 35.2 Å². The van der Waals surface area contributed by atoms with Gasteiger partial charge in [-0.1, -0.05) is 12.1 Å². The van der Waals surface area contributed by atoms with E-state index in [0.717, 1.165) is 17.0 Å². The molecular formula is C27H29F5N4O3S2. The second-order valence-corrected chi connectivity index (χ2v) is 14.5. The lowest BCUT2D eigenvalue weighted by Crippen LogP contribution is -2.45. The molecule has 1 amide bonds. The van der Waals surface area contributed by atoms with Crippen molar-refractivity contribution in [1.29, 1.82) is 5.26 Å². The number of aryl methyl sites for hydroxylation is 1. The Bertz CT molecular complexity index is 1430. The quantitative estimate of drug-likeness (QED) is 0.428. The number of halogens is 5. The molecule has 2 aromatic rings. The Labute approximate surface area is 238 Å². The fourth-order valence-electron chi connectivity index (χ4n) is 5.44. The molecule has 0 radical (unpaired) electrons. The largest absolute Gasteiger partial charge is 0.389 e. The van der Waals surface area contributed by atoms with Crippen molar-refractivity contribution >= 4 is 32.8 Å². The lowest BCUT2D eigenvalue weighted by atomic mass is 9.74. The molecule has 7 nitrogen and oxygen atoms in total. The van der Waals surface area contributed by atoms with Gasteiger partial charge in [0.1, 0.15) is 5.54 Å². The number of hydrogen-bond donors (Lipinski definition) is 1. The van der Waals surface area contributed by atoms with E-state index in [2.05, 4.69) is 10.3 Å². The summed E-state index contributed by atoms with van der Waals surface area (Å²) in [4.78, 5) is 20.2. The van der Waals surface area contributed by atoms with Gasteiger partial charge >= 0.3 is 6.18 Å². The number of nitrogens with one attached hydrogen (secondary N) is 1. The number of nitrogens with zero attached hydrogens (tertiary/aromatic N) is 3. The molecule has 1 aromatic carbocycles. The number of hydrogen-bond acceptors (Lipinski definition) is 7. The third-order valence-electron chi connectivity index (χ3n) is 8.00. The Morgan fingerprint density at radius 1 is 1.15 bits per heavy atom. The molecule has 1 aromatic heterocycles. The first-order valence-electron chi connectivity index (χ1n) is 13.4. The molecular weight excluding hydrogens is 587 g/mol. The number of benzene rings is 1. The number of thiazole rings is 1. The summed E-state index contributed by atoms with van der Waals surface area (Å²) in [5.74, 6) is -5.64. The van der Waals surface area contributed by atoms with Crippen LogP contribution < -0.4 is 10.2 Å². The molecule has 2 heterocycles. The van der Waals surface area contributed by atoms with Gasteiger partial charge < -0.3 is 10.2 Å². The predicted molar refractivity (Wildman–Crippen MR) is 144 cm³/mol. The fourth-order valence-corrected chi connectivity index (χ4v) is 7.78. The van der Waals surface area contributed by atoms with Gasteiger partial charge in [-0.3, -0.25) is 4.79 Å². The van der Waals surface area contributed by atoms with Gasteiger partial charge in [0, 0.05) is 50.4 Å². The molecule has 5 rings (SSSR count). The summed E-state index contributed by atoms with van der Waals surface area (Å²) in [5, 5.41) is 12.2. The summed E-state index contributed by atoms with van der Waals surface area (Å²) in [6.07, 6.45) is -6.32. The molecule has 3 aliphatic rings. The summed E-state index contributed by atoms with van der Waals surface area (Å²) >= 11 is 1.06. The lowest BCUT2D eigenvalue weighted by Gasteiger charge is -2.35. The van der Waals surface area contributed by atoms with Crippen LogP contribution in [0.4, 0.5) is 27.6 Å². The molecule has 1 aliphatic heterocycles. The Morgan fingerprint density at radius 2 is 1.80 bits per heavy atom. The van der Waals surface area contributed by atoms with Crippen molar-refractivity contribution in [3.8, 4) is 16.5 Å². The third kappa shape index (κ3) is 6.99. The Kier molecular flexibility index (Phi) is 7.82. The Balaban J connectivity index is 1.47. The number of alkyl halides is 5. The number of sulfone groups is 1. The molecule has 2 atom stereocenters. The molecule has 0 spiro atoms. The van der Waals surface area contributed by atoms with E-state index >= 15 is 0 Å². The van der Waals surface area contributed by atoms with E-state index in [4.69, 9.17) is 0 Å². The number of amides is 1. The average molecular weight is 617 g/mol. The van der Waals surface area contributed by atoms with Crippen molar-refractivity contribution in [2.45, 2.75) is 68.5 Å². The first-order valence-corrected chi connectivity index (χ1v) is 16.1. The molecule has 2 unspecified atom stereocenters. The molecule has 3 fully saturated rings. The number of carbonyl (C=O) groups excluding carboxylic acids is 1. The van der Waals surface area contributed by atoms with Gasteiger partial charge in [-0.2, -0.15) is 18.4 Å². The smallest absolute Gasteiger partial charge is 0.369 e. The average Bonchev–Trinajstić information content (AvgIpc) is 3.55. The highest BCUT2D eigenvalue weighted by molar-refractivity contribution is 7.91. The highest BCUT2D eigenvalue weighted by atomic mass is 32.2. The minimum absolute atomic E-state index is 0.0408. The molecule has 2 saturated carbocycles. The monoisotopic (exact) mass is 616 g/mol. The maximum Gasteiger partial charge on any atom is 0.389 e. The molecule has 1 saturated heterocycles. The van der Waals surface area contributed by atoms with Crippen LogP contribution in [0.2, 0.25) is 0 Å². The summed E-state index contributed by atoms with van der Waals surface area (Å²) in [7, 11) is -3.07. The number of nitriles is 1. The Morgan fingerprint density at radius 3 is 2.39 bits per heavy atom. The summed E-state index contributed by atoms with van der Waals surface area (Å²) in [6.45, 7) is 0.679. The molecule has 14 heteroatoms. The third-order valence-corrected chi connectivity index (χ3v) is 10.8. The Hall–Kier alpha value is -2.79. The van der Waals surface area contributed by atoms with Gasteiger partial charge in [0.2, 0.25) is 11.8 Å². The molecule has 0 bridgehead atoms. The van der Waals surface area contributed by atoms with E-state index in [-0.39, 0.29) is 29.4 Å². The number of carbonyl (C=O) groups is 1. The first kappa shape index (κ1) is 29.7. The van der Waals surface area contributed by atoms with Crippen LogP contribution in [0.1, 0.15) is 55.1 Å². The van der Waals surface area contributed by atoms with E-state index in [1.165, 1.54) is 0 Å². The van der Waals surface area contributed by atoms with E-state index < -0.39 is 64.5 Å². The first-order chi connectivity index (χ1) is 19.2. The van der Waals surface area contributed by atoms with Gasteiger partial charge in [-0.15, -0.1) is 11.3 Å². The minimum Gasteiger partial charge on any atom is -0.369 e. The fraction of sp³-hybridized carbons (Fsp3) is 0.593. The summed E-state index contributed by atoms with van der Waals surface area (Å²) in [6, 6.07) is 9.11. The normalized spacial score (nSPS) is 24.8. The summed E-state index contributed by atoms with van der Waals surface area (Å²) < 4.78 is 91.7. The molecule has 222 valence electrons. The second-order valence-electron chi connectivity index (χ2n) is 11.1. The topological polar surface area (TPSA) is 103 Å². The van der Waals surface area contributed by atoms with Crippen molar-refractivity contribution in [2.24, 2.45) is 5.92 Å². The number of anilines is 1. The van der Waals surface area contributed by atoms with Crippen LogP contribution in [0.15, 0.2) is 24.3 Å². The summed E-state index contributed by atoms with van der Waals surface area (Å²) in [5.41, 5.74) is 0.673. The van der Waals surface area contributed by atoms with Gasteiger partial charge in [-0.05, 0) is 37.0 Å². The number of aromatic nitrogens is 1. The van der Waals surface area contributed by atoms with E-state index in [1.807, 2.05) is 11.0 Å². The molecule has 2 aliphatic carbocycles. The van der Waals surface area contributed by atoms with Crippen LogP contribution in [0, 0.1) is 17.2 Å². The SMILES string of the molecule is N#CC1(NC(=O)C2CC(F)(F)CCC2c2nc(CCC(F)(F)F)sc2-c2ccc(N3CCS(=O)(=O)CC3)cc2)CC1. The highest BCUT2D eigenvalue weighted by Gasteiger charge is 2.51. The zero-order valence-corrected chi connectivity index (χ0v) is 23.6. The van der Waals surface area contributed by atoms with Gasteiger partial charge in [0.25, 0.3) is 0 Å². The van der Waals surface area contributed by atoms with Crippen LogP contribution in [-0.4, -0.2) is 61.5 Å². The van der Waals surface area contributed by atoms with Crippen LogP contribution in [0.25, 0.3) is 10.4 Å². The maximum absolute atomic E-state index is 14.6. The van der Waals surface area contributed by atoms with Crippen LogP contribution in [0.5, 0.6) is 0 Å². The predicted octanol–water partition coefficient (Wildman–Crippen LogP) is 5.23. The lowest BCUT2D eigenvalue weighted by molar-refractivity contribution is -0.134. The van der Waals surface area contributed by atoms with Crippen molar-refractivity contribution in [2.75, 3.05) is 29.5 Å². The zero-order valence-electron chi connectivity index (χ0n) is 22.0. The van der Waals surface area contributed by atoms with E-state index in [1.54, 1.807) is 24.3 Å². The van der Waals surface area contributed by atoms with Crippen molar-refractivity contribution in [1.82, 2.24) is 10.3 Å². The van der Waals surface area contributed by atoms with Gasteiger partial charge in [0.15, 0.2) is 9.84 Å². The van der Waals surface area contributed by atoms with Crippen LogP contribution in [0.3, 0.4) is 0 Å². The number of rotatable bonds is 7. The maximum atomic E-state index is 14.6. The zero-order chi connectivity index (χ0) is 29.6. The van der Waals surface area contributed by atoms with Crippen molar-refractivity contribution in [3.63, 3.8) is 0 Å². The van der Waals surface area contributed by atoms with E-state index in [0.29, 0.717) is 42.1 Å². The van der Waals surface area contributed by atoms with Gasteiger partial charge in [0.05, 0.1) is 39.1 Å². The second kappa shape index (κ2) is 10.8. The molecule has 1 N–H and O–H groups in total. The van der Waals surface area contributed by atoms with E-state index in [9.17, 15) is 40.4 Å². The van der Waals surface area contributed by atoms with Gasteiger partial charge in [-0.25, -0.2) is 22.2 Å².